The van der Waals surface area contributed by atoms with Gasteiger partial charge in [-0.2, -0.15) is 10.1 Å². The van der Waals surface area contributed by atoms with E-state index in [4.69, 9.17) is 14.3 Å². The molecule has 146 valence electrons. The number of carbonyl (C=O) groups is 1. The van der Waals surface area contributed by atoms with E-state index in [2.05, 4.69) is 9.89 Å². The Morgan fingerprint density at radius 1 is 1.07 bits per heavy atom. The number of carbonyl (C=O) groups excluding carboxylic acids is 1. The van der Waals surface area contributed by atoms with Gasteiger partial charge in [-0.25, -0.2) is 4.68 Å². The average Bonchev–Trinajstić information content (AvgIpc) is 3.50. The molecule has 0 saturated carbocycles. The van der Waals surface area contributed by atoms with Crippen molar-refractivity contribution in [3.8, 4) is 17.1 Å². The van der Waals surface area contributed by atoms with Crippen LogP contribution >= 0.6 is 11.8 Å². The second kappa shape index (κ2) is 7.73. The van der Waals surface area contributed by atoms with Gasteiger partial charge in [-0.3, -0.25) is 4.79 Å². The SMILES string of the molecule is O=C1N=C(N2CCOCC2)SC1=Cc1cn(-c2ccccc2)nc1-c1ccco1. The van der Waals surface area contributed by atoms with Crippen LogP contribution in [0.15, 0.2) is 69.2 Å². The maximum absolute atomic E-state index is 12.5. The van der Waals surface area contributed by atoms with E-state index in [0.717, 1.165) is 29.5 Å². The zero-order valence-corrected chi connectivity index (χ0v) is 16.3. The van der Waals surface area contributed by atoms with Crippen LogP contribution in [0.4, 0.5) is 0 Å². The Morgan fingerprint density at radius 2 is 1.90 bits per heavy atom. The van der Waals surface area contributed by atoms with Crippen molar-refractivity contribution < 1.29 is 13.9 Å². The molecule has 0 spiro atoms. The van der Waals surface area contributed by atoms with Gasteiger partial charge >= 0.3 is 0 Å². The third-order valence-electron chi connectivity index (χ3n) is 4.70. The normalized spacial score (nSPS) is 18.5. The van der Waals surface area contributed by atoms with Crippen LogP contribution in [0.2, 0.25) is 0 Å². The van der Waals surface area contributed by atoms with Crippen LogP contribution in [0.3, 0.4) is 0 Å². The number of benzene rings is 1. The van der Waals surface area contributed by atoms with E-state index in [1.807, 2.05) is 54.7 Å². The summed E-state index contributed by atoms with van der Waals surface area (Å²) in [4.78, 5) is 19.4. The van der Waals surface area contributed by atoms with Crippen LogP contribution < -0.4 is 0 Å². The first-order valence-corrected chi connectivity index (χ1v) is 10.1. The maximum atomic E-state index is 12.5. The Balaban J connectivity index is 1.49. The van der Waals surface area contributed by atoms with E-state index in [-0.39, 0.29) is 5.91 Å². The number of furan rings is 1. The lowest BCUT2D eigenvalue weighted by Gasteiger charge is -2.27. The lowest BCUT2D eigenvalue weighted by atomic mass is 10.2. The number of ether oxygens (including phenoxy) is 1. The minimum absolute atomic E-state index is 0.227. The van der Waals surface area contributed by atoms with Gasteiger partial charge in [-0.1, -0.05) is 18.2 Å². The van der Waals surface area contributed by atoms with Crippen molar-refractivity contribution in [2.24, 2.45) is 4.99 Å². The fraction of sp³-hybridized carbons (Fsp3) is 0.190. The van der Waals surface area contributed by atoms with E-state index >= 15 is 0 Å². The predicted molar refractivity (Wildman–Crippen MR) is 112 cm³/mol. The molecule has 2 aliphatic rings. The smallest absolute Gasteiger partial charge is 0.286 e. The molecule has 0 atom stereocenters. The molecule has 29 heavy (non-hydrogen) atoms. The van der Waals surface area contributed by atoms with E-state index < -0.39 is 0 Å². The van der Waals surface area contributed by atoms with E-state index in [0.29, 0.717) is 29.6 Å². The third-order valence-corrected chi connectivity index (χ3v) is 5.74. The molecule has 3 aromatic rings. The number of morpholine rings is 1. The highest BCUT2D eigenvalue weighted by molar-refractivity contribution is 8.18. The molecule has 1 aromatic carbocycles. The highest BCUT2D eigenvalue weighted by Gasteiger charge is 2.28. The zero-order valence-electron chi connectivity index (χ0n) is 15.5. The summed E-state index contributed by atoms with van der Waals surface area (Å²) < 4.78 is 12.7. The highest BCUT2D eigenvalue weighted by atomic mass is 32.2. The molecule has 4 heterocycles. The number of hydrogen-bond acceptors (Lipinski definition) is 6. The fourth-order valence-electron chi connectivity index (χ4n) is 3.24. The molecule has 1 amide bonds. The summed E-state index contributed by atoms with van der Waals surface area (Å²) in [7, 11) is 0. The number of para-hydroxylation sites is 1. The topological polar surface area (TPSA) is 72.9 Å². The fourth-order valence-corrected chi connectivity index (χ4v) is 4.20. The van der Waals surface area contributed by atoms with E-state index in [1.165, 1.54) is 11.8 Å². The Morgan fingerprint density at radius 3 is 2.66 bits per heavy atom. The van der Waals surface area contributed by atoms with Gasteiger partial charge in [0, 0.05) is 24.8 Å². The molecule has 7 nitrogen and oxygen atoms in total. The second-order valence-electron chi connectivity index (χ2n) is 6.60. The summed E-state index contributed by atoms with van der Waals surface area (Å²) >= 11 is 1.40. The van der Waals surface area contributed by atoms with Gasteiger partial charge in [-0.15, -0.1) is 0 Å². The summed E-state index contributed by atoms with van der Waals surface area (Å²) in [5.74, 6) is 0.422. The number of amidine groups is 1. The van der Waals surface area contributed by atoms with Gasteiger partial charge in [0.15, 0.2) is 10.9 Å². The van der Waals surface area contributed by atoms with Crippen molar-refractivity contribution in [1.29, 1.82) is 0 Å². The first-order valence-electron chi connectivity index (χ1n) is 9.32. The zero-order chi connectivity index (χ0) is 19.6. The lowest BCUT2D eigenvalue weighted by molar-refractivity contribution is -0.113. The van der Waals surface area contributed by atoms with Gasteiger partial charge in [-0.05, 0) is 42.1 Å². The predicted octanol–water partition coefficient (Wildman–Crippen LogP) is 3.43. The number of hydrogen-bond donors (Lipinski definition) is 0. The third kappa shape index (κ3) is 3.64. The van der Waals surface area contributed by atoms with Gasteiger partial charge in [0.1, 0.15) is 5.69 Å². The first-order chi connectivity index (χ1) is 14.3. The number of nitrogens with zero attached hydrogens (tertiary/aromatic N) is 4. The molecule has 1 saturated heterocycles. The standard InChI is InChI=1S/C21H18N4O3S/c26-20-18(29-21(22-20)24-8-11-27-12-9-24)13-15-14-25(16-5-2-1-3-6-16)23-19(15)17-7-4-10-28-17/h1-7,10,13-14H,8-9,11-12H2. The molecule has 2 aromatic heterocycles. The maximum Gasteiger partial charge on any atom is 0.286 e. The minimum atomic E-state index is -0.227. The molecule has 0 unspecified atom stereocenters. The Kier molecular flexibility index (Phi) is 4.79. The van der Waals surface area contributed by atoms with Crippen molar-refractivity contribution in [1.82, 2.24) is 14.7 Å². The lowest BCUT2D eigenvalue weighted by Crippen LogP contribution is -2.38. The molecule has 2 aliphatic heterocycles. The first kappa shape index (κ1) is 18.0. The van der Waals surface area contributed by atoms with Crippen LogP contribution in [0, 0.1) is 0 Å². The van der Waals surface area contributed by atoms with Crippen molar-refractivity contribution in [3.63, 3.8) is 0 Å². The van der Waals surface area contributed by atoms with Crippen LogP contribution in [-0.4, -0.2) is 52.1 Å². The Hall–Kier alpha value is -3.10. The molecule has 0 radical (unpaired) electrons. The number of rotatable bonds is 3. The molecular formula is C21H18N4O3S. The quantitative estimate of drug-likeness (QED) is 0.621. The van der Waals surface area contributed by atoms with Gasteiger partial charge in [0.05, 0.1) is 30.1 Å². The summed E-state index contributed by atoms with van der Waals surface area (Å²) in [5, 5.41) is 5.43. The van der Waals surface area contributed by atoms with Crippen LogP contribution in [0.1, 0.15) is 5.56 Å². The van der Waals surface area contributed by atoms with Gasteiger partial charge in [0.25, 0.3) is 5.91 Å². The number of aliphatic imine (C=N–C) groups is 1. The Bertz CT molecular complexity index is 1080. The Labute approximate surface area is 171 Å². The van der Waals surface area contributed by atoms with Crippen molar-refractivity contribution in [3.05, 3.63) is 65.4 Å². The number of aromatic nitrogens is 2. The second-order valence-corrected chi connectivity index (χ2v) is 7.61. The minimum Gasteiger partial charge on any atom is -0.463 e. The van der Waals surface area contributed by atoms with Crippen molar-refractivity contribution >= 4 is 28.9 Å². The summed E-state index contributed by atoms with van der Waals surface area (Å²) in [5.41, 5.74) is 2.42. The molecule has 0 aliphatic carbocycles. The van der Waals surface area contributed by atoms with Crippen LogP contribution in [0.5, 0.6) is 0 Å². The molecule has 0 N–H and O–H groups in total. The monoisotopic (exact) mass is 406 g/mol. The van der Waals surface area contributed by atoms with Crippen LogP contribution in [0.25, 0.3) is 23.2 Å². The van der Waals surface area contributed by atoms with Gasteiger partial charge < -0.3 is 14.1 Å². The molecule has 5 rings (SSSR count). The largest absolute Gasteiger partial charge is 0.463 e. The summed E-state index contributed by atoms with van der Waals surface area (Å²) in [6, 6.07) is 13.5. The van der Waals surface area contributed by atoms with Crippen molar-refractivity contribution in [2.45, 2.75) is 0 Å². The number of amides is 1. The van der Waals surface area contributed by atoms with Crippen molar-refractivity contribution in [2.75, 3.05) is 26.3 Å². The highest BCUT2D eigenvalue weighted by Crippen LogP contribution is 2.33. The van der Waals surface area contributed by atoms with Gasteiger partial charge in [0.2, 0.25) is 0 Å². The average molecular weight is 406 g/mol. The van der Waals surface area contributed by atoms with Crippen LogP contribution in [-0.2, 0) is 9.53 Å². The molecule has 0 bridgehead atoms. The molecule has 8 heteroatoms. The van der Waals surface area contributed by atoms with E-state index in [9.17, 15) is 4.79 Å². The molecule has 1 fully saturated rings. The number of thioether (sulfide) groups is 1. The molecular weight excluding hydrogens is 388 g/mol. The van der Waals surface area contributed by atoms with E-state index in [1.54, 1.807) is 10.9 Å². The summed E-state index contributed by atoms with van der Waals surface area (Å²) in [6.45, 7) is 2.80. The summed E-state index contributed by atoms with van der Waals surface area (Å²) in [6.07, 6.45) is 5.36.